The standard InChI is InChI=1S/C11H9NO3.C5H12O/c1-15-9-4-2-8(3-5-9)12-10(13)6-7-11(12)14;1-5(2,3)4-6/h2-7H,1H3;6H,4H2,1-3H3. The number of benzene rings is 1. The van der Waals surface area contributed by atoms with Crippen LogP contribution in [0.15, 0.2) is 36.4 Å². The summed E-state index contributed by atoms with van der Waals surface area (Å²) in [6, 6.07) is 6.74. The van der Waals surface area contributed by atoms with Crippen LogP contribution in [0.3, 0.4) is 0 Å². The number of hydrogen-bond acceptors (Lipinski definition) is 4. The second-order valence-electron chi connectivity index (χ2n) is 5.76. The molecule has 0 aliphatic carbocycles. The summed E-state index contributed by atoms with van der Waals surface area (Å²) >= 11 is 0. The number of carbonyl (C=O) groups excluding carboxylic acids is 2. The van der Waals surface area contributed by atoms with Gasteiger partial charge in [-0.25, -0.2) is 4.90 Å². The maximum Gasteiger partial charge on any atom is 0.258 e. The summed E-state index contributed by atoms with van der Waals surface area (Å²) in [5, 5.41) is 8.40. The van der Waals surface area contributed by atoms with Gasteiger partial charge in [0.05, 0.1) is 12.8 Å². The van der Waals surface area contributed by atoms with Crippen molar-refractivity contribution in [2.45, 2.75) is 20.8 Å². The number of rotatable bonds is 2. The van der Waals surface area contributed by atoms with Gasteiger partial charge in [-0.05, 0) is 29.7 Å². The molecule has 0 aromatic heterocycles. The summed E-state index contributed by atoms with van der Waals surface area (Å²) in [6.45, 7) is 6.25. The highest BCUT2D eigenvalue weighted by Crippen LogP contribution is 2.21. The fourth-order valence-corrected chi connectivity index (χ4v) is 1.39. The first-order valence-corrected chi connectivity index (χ1v) is 6.59. The molecule has 2 amide bonds. The molecule has 1 aliphatic heterocycles. The van der Waals surface area contributed by atoms with E-state index in [1.807, 2.05) is 20.8 Å². The van der Waals surface area contributed by atoms with Crippen molar-refractivity contribution in [1.82, 2.24) is 0 Å². The van der Waals surface area contributed by atoms with Crippen LogP contribution in [0, 0.1) is 5.41 Å². The summed E-state index contributed by atoms with van der Waals surface area (Å²) < 4.78 is 4.98. The molecule has 1 aromatic rings. The lowest BCUT2D eigenvalue weighted by molar-refractivity contribution is -0.119. The molecule has 0 spiro atoms. The van der Waals surface area contributed by atoms with Crippen molar-refractivity contribution in [2.24, 2.45) is 5.41 Å². The quantitative estimate of drug-likeness (QED) is 0.848. The van der Waals surface area contributed by atoms with Gasteiger partial charge in [-0.15, -0.1) is 0 Å². The van der Waals surface area contributed by atoms with E-state index in [-0.39, 0.29) is 23.8 Å². The maximum absolute atomic E-state index is 11.3. The van der Waals surface area contributed by atoms with Crippen LogP contribution in [0.25, 0.3) is 0 Å². The van der Waals surface area contributed by atoms with Crippen molar-refractivity contribution in [1.29, 1.82) is 0 Å². The Morgan fingerprint density at radius 1 is 1.05 bits per heavy atom. The highest BCUT2D eigenvalue weighted by molar-refractivity contribution is 6.28. The Bertz CT molecular complexity index is 508. The predicted octanol–water partition coefficient (Wildman–Crippen LogP) is 2.15. The van der Waals surface area contributed by atoms with E-state index in [0.717, 1.165) is 4.90 Å². The zero-order chi connectivity index (χ0) is 16.0. The lowest BCUT2D eigenvalue weighted by Gasteiger charge is -2.13. The Morgan fingerprint density at radius 2 is 1.48 bits per heavy atom. The fourth-order valence-electron chi connectivity index (χ4n) is 1.39. The lowest BCUT2D eigenvalue weighted by atomic mass is 9.99. The molecule has 0 saturated carbocycles. The van der Waals surface area contributed by atoms with E-state index in [1.165, 1.54) is 12.2 Å². The van der Waals surface area contributed by atoms with Gasteiger partial charge in [0, 0.05) is 18.8 Å². The third-order valence-corrected chi connectivity index (χ3v) is 2.61. The van der Waals surface area contributed by atoms with Crippen LogP contribution < -0.4 is 9.64 Å². The van der Waals surface area contributed by atoms with Gasteiger partial charge in [-0.1, -0.05) is 20.8 Å². The third kappa shape index (κ3) is 5.04. The van der Waals surface area contributed by atoms with E-state index in [9.17, 15) is 9.59 Å². The molecule has 0 radical (unpaired) electrons. The summed E-state index contributed by atoms with van der Waals surface area (Å²) in [6.07, 6.45) is 2.51. The minimum absolute atomic E-state index is 0.0972. The highest BCUT2D eigenvalue weighted by atomic mass is 16.5. The van der Waals surface area contributed by atoms with Crippen LogP contribution >= 0.6 is 0 Å². The van der Waals surface area contributed by atoms with Crippen molar-refractivity contribution in [2.75, 3.05) is 18.6 Å². The van der Waals surface area contributed by atoms with Gasteiger partial charge in [0.25, 0.3) is 11.8 Å². The van der Waals surface area contributed by atoms with Crippen LogP contribution in [0.1, 0.15) is 20.8 Å². The molecule has 0 fully saturated rings. The molecule has 1 aromatic carbocycles. The van der Waals surface area contributed by atoms with Gasteiger partial charge in [0.15, 0.2) is 0 Å². The second kappa shape index (κ2) is 7.04. The summed E-state index contributed by atoms with van der Waals surface area (Å²) in [4.78, 5) is 23.8. The van der Waals surface area contributed by atoms with Crippen molar-refractivity contribution in [3.8, 4) is 5.75 Å². The van der Waals surface area contributed by atoms with Gasteiger partial charge in [-0.3, -0.25) is 9.59 Å². The van der Waals surface area contributed by atoms with Crippen molar-refractivity contribution in [3.05, 3.63) is 36.4 Å². The first-order chi connectivity index (χ1) is 9.78. The van der Waals surface area contributed by atoms with Crippen molar-refractivity contribution in [3.63, 3.8) is 0 Å². The molecular formula is C16H21NO4. The SMILES string of the molecule is CC(C)(C)CO.COc1ccc(N2C(=O)C=CC2=O)cc1. The Morgan fingerprint density at radius 3 is 1.81 bits per heavy atom. The Labute approximate surface area is 124 Å². The fraction of sp³-hybridized carbons (Fsp3) is 0.375. The first kappa shape index (κ1) is 16.9. The molecule has 0 saturated heterocycles. The zero-order valence-electron chi connectivity index (χ0n) is 12.8. The number of nitrogens with zero attached hydrogens (tertiary/aromatic N) is 1. The minimum atomic E-state index is -0.315. The monoisotopic (exact) mass is 291 g/mol. The number of methoxy groups -OCH3 is 1. The molecule has 114 valence electrons. The summed E-state index contributed by atoms with van der Waals surface area (Å²) in [7, 11) is 1.56. The smallest absolute Gasteiger partial charge is 0.258 e. The normalized spacial score (nSPS) is 14.0. The molecule has 0 atom stereocenters. The number of hydrogen-bond donors (Lipinski definition) is 1. The van der Waals surface area contributed by atoms with E-state index in [2.05, 4.69) is 0 Å². The van der Waals surface area contributed by atoms with Gasteiger partial charge < -0.3 is 9.84 Å². The molecule has 2 rings (SSSR count). The molecule has 1 aliphatic rings. The van der Waals surface area contributed by atoms with Gasteiger partial charge in [-0.2, -0.15) is 0 Å². The van der Waals surface area contributed by atoms with E-state index in [0.29, 0.717) is 11.4 Å². The first-order valence-electron chi connectivity index (χ1n) is 6.59. The number of carbonyl (C=O) groups is 2. The van der Waals surface area contributed by atoms with E-state index < -0.39 is 0 Å². The van der Waals surface area contributed by atoms with Gasteiger partial charge >= 0.3 is 0 Å². The minimum Gasteiger partial charge on any atom is -0.497 e. The second-order valence-corrected chi connectivity index (χ2v) is 5.76. The van der Waals surface area contributed by atoms with Crippen LogP contribution in [0.4, 0.5) is 5.69 Å². The van der Waals surface area contributed by atoms with Crippen LogP contribution in [0.2, 0.25) is 0 Å². The molecule has 1 N–H and O–H groups in total. The molecule has 21 heavy (non-hydrogen) atoms. The predicted molar refractivity (Wildman–Crippen MR) is 81.2 cm³/mol. The van der Waals surface area contributed by atoms with Crippen molar-refractivity contribution < 1.29 is 19.4 Å². The Hall–Kier alpha value is -2.14. The zero-order valence-corrected chi connectivity index (χ0v) is 12.8. The number of amides is 2. The van der Waals surface area contributed by atoms with Crippen LogP contribution in [-0.4, -0.2) is 30.6 Å². The van der Waals surface area contributed by atoms with Gasteiger partial charge in [0.1, 0.15) is 5.75 Å². The third-order valence-electron chi connectivity index (χ3n) is 2.61. The Kier molecular flexibility index (Phi) is 5.67. The topological polar surface area (TPSA) is 66.8 Å². The highest BCUT2D eigenvalue weighted by Gasteiger charge is 2.24. The van der Waals surface area contributed by atoms with Gasteiger partial charge in [0.2, 0.25) is 0 Å². The lowest BCUT2D eigenvalue weighted by Crippen LogP contribution is -2.29. The average molecular weight is 291 g/mol. The number of anilines is 1. The molecule has 0 bridgehead atoms. The molecule has 1 heterocycles. The van der Waals surface area contributed by atoms with Crippen LogP contribution in [0.5, 0.6) is 5.75 Å². The maximum atomic E-state index is 11.3. The summed E-state index contributed by atoms with van der Waals surface area (Å²) in [5.74, 6) is 0.0566. The number of aliphatic hydroxyl groups is 1. The average Bonchev–Trinajstić information content (AvgIpc) is 2.78. The van der Waals surface area contributed by atoms with E-state index >= 15 is 0 Å². The molecular weight excluding hydrogens is 270 g/mol. The Balaban J connectivity index is 0.000000315. The van der Waals surface area contributed by atoms with E-state index in [4.69, 9.17) is 9.84 Å². The van der Waals surface area contributed by atoms with Crippen molar-refractivity contribution >= 4 is 17.5 Å². The number of ether oxygens (including phenoxy) is 1. The van der Waals surface area contributed by atoms with Crippen LogP contribution in [-0.2, 0) is 9.59 Å². The number of aliphatic hydroxyl groups excluding tert-OH is 1. The van der Waals surface area contributed by atoms with E-state index in [1.54, 1.807) is 31.4 Å². The molecule has 0 unspecified atom stereocenters. The largest absolute Gasteiger partial charge is 0.497 e. The summed E-state index contributed by atoms with van der Waals surface area (Å²) in [5.41, 5.74) is 0.649. The number of imide groups is 1. The molecule has 5 nitrogen and oxygen atoms in total. The molecule has 5 heteroatoms.